The van der Waals surface area contributed by atoms with Crippen molar-refractivity contribution in [3.05, 3.63) is 0 Å². The average molecular weight is 577 g/mol. The second-order valence-corrected chi connectivity index (χ2v) is 10.3. The first kappa shape index (κ1) is 36.7. The summed E-state index contributed by atoms with van der Waals surface area (Å²) in [5.74, 6) is -6.52. The van der Waals surface area contributed by atoms with Crippen molar-refractivity contribution in [2.75, 3.05) is 13.2 Å². The molecule has 0 bridgehead atoms. The van der Waals surface area contributed by atoms with Crippen molar-refractivity contribution in [2.24, 2.45) is 17.6 Å². The highest BCUT2D eigenvalue weighted by Gasteiger charge is 2.35. The Balaban J connectivity index is 5.75. The molecule has 7 atom stereocenters. The Morgan fingerprint density at radius 3 is 1.45 bits per heavy atom. The summed E-state index contributed by atoms with van der Waals surface area (Å²) in [4.78, 5) is 74.5. The van der Waals surface area contributed by atoms with Crippen LogP contribution in [-0.4, -0.2) is 112 Å². The van der Waals surface area contributed by atoms with Gasteiger partial charge in [0.25, 0.3) is 0 Å². The topological polar surface area (TPSA) is 270 Å². The summed E-state index contributed by atoms with van der Waals surface area (Å²) in [5, 5.41) is 49.5. The highest BCUT2D eigenvalue weighted by Crippen LogP contribution is 2.08. The first-order chi connectivity index (χ1) is 18.5. The molecule has 0 heterocycles. The zero-order chi connectivity index (χ0) is 31.3. The van der Waals surface area contributed by atoms with Crippen LogP contribution in [0.5, 0.6) is 0 Å². The lowest BCUT2D eigenvalue weighted by Gasteiger charge is -2.29. The van der Waals surface area contributed by atoms with Gasteiger partial charge in [-0.15, -0.1) is 0 Å². The first-order valence-electron chi connectivity index (χ1n) is 12.9. The van der Waals surface area contributed by atoms with E-state index in [0.29, 0.717) is 0 Å². The van der Waals surface area contributed by atoms with Crippen LogP contribution >= 0.6 is 0 Å². The minimum atomic E-state index is -1.61. The maximum absolute atomic E-state index is 13.1. The summed E-state index contributed by atoms with van der Waals surface area (Å²) in [6.07, 6.45) is -1.38. The van der Waals surface area contributed by atoms with E-state index in [0.717, 1.165) is 0 Å². The van der Waals surface area contributed by atoms with Crippen LogP contribution in [0.3, 0.4) is 0 Å². The van der Waals surface area contributed by atoms with Gasteiger partial charge < -0.3 is 52.7 Å². The van der Waals surface area contributed by atoms with Gasteiger partial charge in [0.2, 0.25) is 29.5 Å². The van der Waals surface area contributed by atoms with Crippen molar-refractivity contribution in [1.29, 1.82) is 0 Å². The second-order valence-electron chi connectivity index (χ2n) is 10.3. The molecule has 230 valence electrons. The molecular weight excluding hydrogens is 532 g/mol. The summed E-state index contributed by atoms with van der Waals surface area (Å²) in [6, 6.07) is -8.10. The van der Waals surface area contributed by atoms with Gasteiger partial charge in [-0.25, -0.2) is 4.79 Å². The number of carboxylic acid groups (broad SMARTS) is 1. The van der Waals surface area contributed by atoms with Gasteiger partial charge in [-0.1, -0.05) is 27.7 Å². The van der Waals surface area contributed by atoms with Crippen molar-refractivity contribution < 1.29 is 49.2 Å². The van der Waals surface area contributed by atoms with Gasteiger partial charge in [-0.05, 0) is 32.1 Å². The Morgan fingerprint density at radius 2 is 1.05 bits per heavy atom. The van der Waals surface area contributed by atoms with E-state index < -0.39 is 97.0 Å². The van der Waals surface area contributed by atoms with Crippen LogP contribution in [0.1, 0.15) is 48.0 Å². The van der Waals surface area contributed by atoms with Gasteiger partial charge in [0.05, 0.1) is 25.4 Å². The molecular formula is C24H44N6O10. The summed E-state index contributed by atoms with van der Waals surface area (Å²) in [7, 11) is 0. The van der Waals surface area contributed by atoms with Crippen LogP contribution in [-0.2, 0) is 28.8 Å². The number of amides is 5. The molecule has 0 aliphatic heterocycles. The van der Waals surface area contributed by atoms with Crippen LogP contribution in [0.25, 0.3) is 0 Å². The molecule has 11 N–H and O–H groups in total. The van der Waals surface area contributed by atoms with E-state index in [9.17, 15) is 39.0 Å². The van der Waals surface area contributed by atoms with E-state index in [1.807, 2.05) is 0 Å². The van der Waals surface area contributed by atoms with Crippen molar-refractivity contribution in [2.45, 2.75) is 90.3 Å². The third kappa shape index (κ3) is 12.2. The fraction of sp³-hybridized carbons (Fsp3) is 0.750. The Kier molecular flexibility index (Phi) is 15.9. The third-order valence-corrected chi connectivity index (χ3v) is 5.68. The number of rotatable bonds is 17. The molecule has 0 aliphatic carbocycles. The van der Waals surface area contributed by atoms with Crippen LogP contribution < -0.4 is 32.3 Å². The minimum absolute atomic E-state index is 0.0832. The Hall–Kier alpha value is -3.34. The monoisotopic (exact) mass is 576 g/mol. The molecule has 0 saturated carbocycles. The quantitative estimate of drug-likeness (QED) is 0.0795. The lowest BCUT2D eigenvalue weighted by Crippen LogP contribution is -2.62. The number of hydrogen-bond donors (Lipinski definition) is 10. The first-order valence-corrected chi connectivity index (χ1v) is 12.9. The molecule has 0 aliphatic rings. The fourth-order valence-corrected chi connectivity index (χ4v) is 3.36. The van der Waals surface area contributed by atoms with Crippen LogP contribution in [0.4, 0.5) is 0 Å². The number of carboxylic acids is 1. The zero-order valence-corrected chi connectivity index (χ0v) is 23.6. The molecule has 16 nitrogen and oxygen atoms in total. The van der Waals surface area contributed by atoms with Crippen molar-refractivity contribution in [1.82, 2.24) is 26.6 Å². The maximum Gasteiger partial charge on any atom is 0.328 e. The number of aliphatic carboxylic acids is 1. The maximum atomic E-state index is 13.1. The fourth-order valence-electron chi connectivity index (χ4n) is 3.36. The van der Waals surface area contributed by atoms with Gasteiger partial charge in [0, 0.05) is 0 Å². The van der Waals surface area contributed by atoms with E-state index in [-0.39, 0.29) is 12.3 Å². The number of carbonyl (C=O) groups excluding carboxylic acids is 5. The Morgan fingerprint density at radius 1 is 0.625 bits per heavy atom. The number of nitrogens with one attached hydrogen (secondary N) is 5. The highest BCUT2D eigenvalue weighted by atomic mass is 16.4. The average Bonchev–Trinajstić information content (AvgIpc) is 2.85. The minimum Gasteiger partial charge on any atom is -0.480 e. The van der Waals surface area contributed by atoms with Crippen LogP contribution in [0.2, 0.25) is 0 Å². The lowest BCUT2D eigenvalue weighted by molar-refractivity contribution is -0.143. The van der Waals surface area contributed by atoms with Crippen molar-refractivity contribution in [3.63, 3.8) is 0 Å². The molecule has 40 heavy (non-hydrogen) atoms. The number of hydrogen-bond acceptors (Lipinski definition) is 10. The van der Waals surface area contributed by atoms with E-state index in [2.05, 4.69) is 26.6 Å². The van der Waals surface area contributed by atoms with E-state index in [4.69, 9.17) is 15.9 Å². The molecule has 16 heteroatoms. The van der Waals surface area contributed by atoms with E-state index in [1.165, 1.54) is 13.8 Å². The summed E-state index contributed by atoms with van der Waals surface area (Å²) < 4.78 is 0. The molecule has 0 spiro atoms. The Bertz CT molecular complexity index is 895. The third-order valence-electron chi connectivity index (χ3n) is 5.68. The van der Waals surface area contributed by atoms with Gasteiger partial charge in [0.15, 0.2) is 0 Å². The predicted molar refractivity (Wildman–Crippen MR) is 141 cm³/mol. The number of aliphatic hydroxyl groups is 3. The summed E-state index contributed by atoms with van der Waals surface area (Å²) >= 11 is 0. The smallest absolute Gasteiger partial charge is 0.328 e. The molecule has 0 rings (SSSR count). The predicted octanol–water partition coefficient (Wildman–Crippen LogP) is -4.09. The molecule has 0 unspecified atom stereocenters. The second kappa shape index (κ2) is 17.4. The largest absolute Gasteiger partial charge is 0.480 e. The van der Waals surface area contributed by atoms with Gasteiger partial charge >= 0.3 is 5.97 Å². The molecule has 0 saturated heterocycles. The van der Waals surface area contributed by atoms with Gasteiger partial charge in [-0.2, -0.15) is 0 Å². The number of aliphatic hydroxyl groups excluding tert-OH is 3. The van der Waals surface area contributed by atoms with Crippen LogP contribution in [0.15, 0.2) is 0 Å². The molecule has 0 radical (unpaired) electrons. The molecule has 0 fully saturated rings. The molecule has 5 amide bonds. The summed E-state index contributed by atoms with van der Waals surface area (Å²) in [6.45, 7) is 7.56. The van der Waals surface area contributed by atoms with Gasteiger partial charge in [0.1, 0.15) is 30.2 Å². The lowest BCUT2D eigenvalue weighted by atomic mass is 10.0. The van der Waals surface area contributed by atoms with Crippen molar-refractivity contribution >= 4 is 35.5 Å². The Labute approximate surface area is 232 Å². The zero-order valence-electron chi connectivity index (χ0n) is 23.6. The standard InChI is InChI=1S/C24H44N6O10/c1-10(2)7-14(26-21(36)15(8-31)27-19(34)12(5)25)20(35)30-18(13(6)33)23(38)29-17(11(3)4)22(37)28-16(9-32)24(39)40/h10-18,31-33H,7-9,25H2,1-6H3,(H,26,36)(H,27,34)(H,28,37)(H,29,38)(H,30,35)(H,39,40)/t12-,13+,14-,15-,16-,17-,18-/m0/s1. The van der Waals surface area contributed by atoms with Crippen LogP contribution in [0, 0.1) is 11.8 Å². The molecule has 0 aromatic heterocycles. The normalized spacial score (nSPS) is 16.5. The van der Waals surface area contributed by atoms with E-state index >= 15 is 0 Å². The molecule has 0 aromatic rings. The summed E-state index contributed by atoms with van der Waals surface area (Å²) in [5.41, 5.74) is 5.47. The van der Waals surface area contributed by atoms with Crippen molar-refractivity contribution in [3.8, 4) is 0 Å². The SMILES string of the molecule is CC(C)C[C@H](NC(=O)[C@H](CO)NC(=O)[C@H](C)N)C(=O)N[C@H](C(=O)N[C@H](C(=O)N[C@@H](CO)C(=O)O)C(C)C)[C@@H](C)O. The van der Waals surface area contributed by atoms with E-state index in [1.54, 1.807) is 27.7 Å². The van der Waals surface area contributed by atoms with Gasteiger partial charge in [-0.3, -0.25) is 24.0 Å². The number of carbonyl (C=O) groups is 6. The highest BCUT2D eigenvalue weighted by molar-refractivity contribution is 5.96. The molecule has 0 aromatic carbocycles. The number of nitrogens with two attached hydrogens (primary N) is 1.